The van der Waals surface area contributed by atoms with Crippen molar-refractivity contribution in [2.24, 2.45) is 0 Å². The van der Waals surface area contributed by atoms with E-state index >= 15 is 0 Å². The van der Waals surface area contributed by atoms with E-state index in [0.717, 1.165) is 0 Å². The molecule has 106 valence electrons. The van der Waals surface area contributed by atoms with Gasteiger partial charge in [-0.25, -0.2) is 4.79 Å². The first-order chi connectivity index (χ1) is 9.60. The lowest BCUT2D eigenvalue weighted by Crippen LogP contribution is -2.36. The van der Waals surface area contributed by atoms with E-state index in [-0.39, 0.29) is 6.10 Å². The average molecular weight is 276 g/mol. The van der Waals surface area contributed by atoms with Gasteiger partial charge in [0.05, 0.1) is 24.5 Å². The maximum atomic E-state index is 11.4. The second-order valence-electron chi connectivity index (χ2n) is 4.59. The van der Waals surface area contributed by atoms with E-state index in [9.17, 15) is 15.2 Å². The summed E-state index contributed by atoms with van der Waals surface area (Å²) in [6.45, 7) is 0.440. The Bertz CT molecular complexity index is 553. The largest absolute Gasteiger partial charge is 0.497 e. The van der Waals surface area contributed by atoms with E-state index in [4.69, 9.17) is 9.47 Å². The molecular formula is C14H16N2O4. The highest BCUT2D eigenvalue weighted by Crippen LogP contribution is 2.32. The van der Waals surface area contributed by atoms with Crippen LogP contribution in [0, 0.1) is 11.3 Å². The van der Waals surface area contributed by atoms with E-state index in [1.807, 2.05) is 0 Å². The summed E-state index contributed by atoms with van der Waals surface area (Å²) < 4.78 is 10.4. The Hall–Kier alpha value is -2.26. The minimum atomic E-state index is -0.920. The molecule has 1 aromatic carbocycles. The van der Waals surface area contributed by atoms with Crippen LogP contribution in [0.1, 0.15) is 12.0 Å². The quantitative estimate of drug-likeness (QED) is 0.891. The minimum absolute atomic E-state index is 0.158. The highest BCUT2D eigenvalue weighted by Gasteiger charge is 2.38. The van der Waals surface area contributed by atoms with Crippen molar-refractivity contribution in [1.29, 1.82) is 5.26 Å². The first kappa shape index (κ1) is 14.2. The molecule has 1 fully saturated rings. The first-order valence-electron chi connectivity index (χ1n) is 6.21. The van der Waals surface area contributed by atoms with Crippen LogP contribution in [-0.4, -0.2) is 44.0 Å². The third-order valence-corrected chi connectivity index (χ3v) is 3.52. The molecule has 0 saturated carbocycles. The maximum absolute atomic E-state index is 11.4. The number of benzene rings is 1. The number of aliphatic carboxylic acids is 1. The van der Waals surface area contributed by atoms with Crippen LogP contribution in [0.4, 0.5) is 5.69 Å². The van der Waals surface area contributed by atoms with Crippen molar-refractivity contribution in [1.82, 2.24) is 0 Å². The van der Waals surface area contributed by atoms with Gasteiger partial charge >= 0.3 is 5.97 Å². The first-order valence-corrected chi connectivity index (χ1v) is 6.21. The maximum Gasteiger partial charge on any atom is 0.326 e. The number of anilines is 1. The molecule has 6 nitrogen and oxygen atoms in total. The fraction of sp³-hybridized carbons (Fsp3) is 0.429. The molecule has 2 unspecified atom stereocenters. The molecule has 0 radical (unpaired) electrons. The van der Waals surface area contributed by atoms with Crippen molar-refractivity contribution in [3.63, 3.8) is 0 Å². The van der Waals surface area contributed by atoms with Gasteiger partial charge in [0.1, 0.15) is 17.9 Å². The second-order valence-corrected chi connectivity index (χ2v) is 4.59. The molecule has 1 aromatic rings. The van der Waals surface area contributed by atoms with Gasteiger partial charge in [-0.2, -0.15) is 5.26 Å². The Morgan fingerprint density at radius 2 is 2.25 bits per heavy atom. The number of ether oxygens (including phenoxy) is 2. The van der Waals surface area contributed by atoms with Gasteiger partial charge in [-0.3, -0.25) is 0 Å². The van der Waals surface area contributed by atoms with Crippen LogP contribution >= 0.6 is 0 Å². The van der Waals surface area contributed by atoms with Gasteiger partial charge in [-0.15, -0.1) is 0 Å². The lowest BCUT2D eigenvalue weighted by atomic mass is 10.1. The van der Waals surface area contributed by atoms with E-state index in [2.05, 4.69) is 6.07 Å². The molecule has 2 rings (SSSR count). The van der Waals surface area contributed by atoms with Crippen molar-refractivity contribution < 1.29 is 19.4 Å². The van der Waals surface area contributed by atoms with Gasteiger partial charge in [0, 0.05) is 26.1 Å². The molecule has 0 aromatic heterocycles. The molecule has 1 saturated heterocycles. The molecule has 2 atom stereocenters. The Morgan fingerprint density at radius 3 is 2.80 bits per heavy atom. The number of carbonyl (C=O) groups is 1. The summed E-state index contributed by atoms with van der Waals surface area (Å²) >= 11 is 0. The Morgan fingerprint density at radius 1 is 1.50 bits per heavy atom. The SMILES string of the molecule is COc1ccc(C#N)c(N2CC(OC)CC2C(=O)O)c1. The molecule has 0 amide bonds. The third kappa shape index (κ3) is 2.53. The van der Waals surface area contributed by atoms with Crippen LogP contribution in [0.2, 0.25) is 0 Å². The lowest BCUT2D eigenvalue weighted by Gasteiger charge is -2.24. The van der Waals surface area contributed by atoms with Crippen LogP contribution in [0.3, 0.4) is 0 Å². The number of hydrogen-bond acceptors (Lipinski definition) is 5. The van der Waals surface area contributed by atoms with Crippen LogP contribution in [0.15, 0.2) is 18.2 Å². The molecular weight excluding hydrogens is 260 g/mol. The zero-order valence-electron chi connectivity index (χ0n) is 11.4. The summed E-state index contributed by atoms with van der Waals surface area (Å²) in [6.07, 6.45) is 0.238. The number of methoxy groups -OCH3 is 2. The smallest absolute Gasteiger partial charge is 0.326 e. The lowest BCUT2D eigenvalue weighted by molar-refractivity contribution is -0.138. The summed E-state index contributed by atoms with van der Waals surface area (Å²) in [6, 6.07) is 6.39. The summed E-state index contributed by atoms with van der Waals surface area (Å²) in [5.41, 5.74) is 0.993. The topological polar surface area (TPSA) is 82.8 Å². The molecule has 0 spiro atoms. The number of hydrogen-bond donors (Lipinski definition) is 1. The summed E-state index contributed by atoms with van der Waals surface area (Å²) in [7, 11) is 3.09. The number of nitrogens with zero attached hydrogens (tertiary/aromatic N) is 2. The van der Waals surface area contributed by atoms with Gasteiger partial charge < -0.3 is 19.5 Å². The predicted molar refractivity (Wildman–Crippen MR) is 71.9 cm³/mol. The Balaban J connectivity index is 2.43. The fourth-order valence-electron chi connectivity index (χ4n) is 2.44. The van der Waals surface area contributed by atoms with Crippen molar-refractivity contribution in [2.45, 2.75) is 18.6 Å². The molecule has 20 heavy (non-hydrogen) atoms. The van der Waals surface area contributed by atoms with E-state index in [1.165, 1.54) is 7.11 Å². The molecule has 1 heterocycles. The highest BCUT2D eigenvalue weighted by atomic mass is 16.5. The van der Waals surface area contributed by atoms with Crippen LogP contribution in [0.25, 0.3) is 0 Å². The van der Waals surface area contributed by atoms with Crippen LogP contribution < -0.4 is 9.64 Å². The Labute approximate surface area is 117 Å². The van der Waals surface area contributed by atoms with Gasteiger partial charge in [-0.1, -0.05) is 0 Å². The van der Waals surface area contributed by atoms with Gasteiger partial charge in [0.2, 0.25) is 0 Å². The van der Waals surface area contributed by atoms with E-state index in [1.54, 1.807) is 30.2 Å². The molecule has 1 aliphatic heterocycles. The third-order valence-electron chi connectivity index (χ3n) is 3.52. The number of carboxylic acids is 1. The number of rotatable bonds is 4. The molecule has 0 bridgehead atoms. The van der Waals surface area contributed by atoms with Crippen molar-refractivity contribution in [3.8, 4) is 11.8 Å². The molecule has 1 aliphatic rings. The van der Waals surface area contributed by atoms with Gasteiger partial charge in [-0.05, 0) is 12.1 Å². The van der Waals surface area contributed by atoms with Crippen LogP contribution in [0.5, 0.6) is 5.75 Å². The standard InChI is InChI=1S/C14H16N2O4/c1-19-10-4-3-9(7-15)12(5-10)16-8-11(20-2)6-13(16)14(17)18/h3-5,11,13H,6,8H2,1-2H3,(H,17,18). The second kappa shape index (κ2) is 5.80. The summed E-state index contributed by atoms with van der Waals surface area (Å²) in [4.78, 5) is 13.1. The Kier molecular flexibility index (Phi) is 4.11. The normalized spacial score (nSPS) is 21.6. The fourth-order valence-corrected chi connectivity index (χ4v) is 2.44. The summed E-state index contributed by atoms with van der Waals surface area (Å²) in [5, 5.41) is 18.5. The highest BCUT2D eigenvalue weighted by molar-refractivity contribution is 5.80. The van der Waals surface area contributed by atoms with Crippen molar-refractivity contribution in [2.75, 3.05) is 25.7 Å². The monoisotopic (exact) mass is 276 g/mol. The molecule has 0 aliphatic carbocycles. The predicted octanol–water partition coefficient (Wildman–Crippen LogP) is 1.25. The van der Waals surface area contributed by atoms with Gasteiger partial charge in [0.15, 0.2) is 0 Å². The summed E-state index contributed by atoms with van der Waals surface area (Å²) in [5.74, 6) is -0.333. The zero-order valence-corrected chi connectivity index (χ0v) is 11.4. The van der Waals surface area contributed by atoms with E-state index in [0.29, 0.717) is 30.0 Å². The van der Waals surface area contributed by atoms with Crippen LogP contribution in [-0.2, 0) is 9.53 Å². The number of nitriles is 1. The zero-order chi connectivity index (χ0) is 14.7. The average Bonchev–Trinajstić information content (AvgIpc) is 2.90. The van der Waals surface area contributed by atoms with E-state index < -0.39 is 12.0 Å². The molecule has 6 heteroatoms. The van der Waals surface area contributed by atoms with Crippen molar-refractivity contribution in [3.05, 3.63) is 23.8 Å². The number of carboxylic acid groups (broad SMARTS) is 1. The minimum Gasteiger partial charge on any atom is -0.497 e. The van der Waals surface area contributed by atoms with Gasteiger partial charge in [0.25, 0.3) is 0 Å². The molecule has 1 N–H and O–H groups in total. The van der Waals surface area contributed by atoms with Crippen molar-refractivity contribution >= 4 is 11.7 Å².